The summed E-state index contributed by atoms with van der Waals surface area (Å²) in [5.74, 6) is 0. The first kappa shape index (κ1) is 31.1. The van der Waals surface area contributed by atoms with Crippen LogP contribution in [-0.2, 0) is 29.9 Å². The second kappa shape index (κ2) is 14.8. The first-order valence-corrected chi connectivity index (χ1v) is 15.7. The van der Waals surface area contributed by atoms with E-state index in [9.17, 15) is 0 Å². The Morgan fingerprint density at radius 1 is 0.512 bits per heavy atom. The zero-order valence-electron chi connectivity index (χ0n) is 25.2. The summed E-state index contributed by atoms with van der Waals surface area (Å²) in [6.45, 7) is 8.99. The van der Waals surface area contributed by atoms with Crippen LogP contribution in [0.25, 0.3) is 45.4 Å². The van der Waals surface area contributed by atoms with Crippen LogP contribution in [0.3, 0.4) is 0 Å². The Kier molecular flexibility index (Phi) is 11.2. The van der Waals surface area contributed by atoms with Gasteiger partial charge in [-0.1, -0.05) is 88.8 Å². The minimum atomic E-state index is 0. The van der Waals surface area contributed by atoms with Crippen LogP contribution < -0.4 is 9.97 Å². The smallest absolute Gasteiger partial charge is 0.656 e. The summed E-state index contributed by atoms with van der Waals surface area (Å²) in [5, 5.41) is 0. The van der Waals surface area contributed by atoms with E-state index < -0.39 is 0 Å². The van der Waals surface area contributed by atoms with Crippen LogP contribution in [0.5, 0.6) is 0 Å². The summed E-state index contributed by atoms with van der Waals surface area (Å²) in [7, 11) is 0. The maximum Gasteiger partial charge on any atom is 2.00 e. The Labute approximate surface area is 256 Å². The van der Waals surface area contributed by atoms with Crippen molar-refractivity contribution in [2.75, 3.05) is 0 Å². The van der Waals surface area contributed by atoms with Crippen molar-refractivity contribution < 1.29 is 17.1 Å². The Hall–Kier alpha value is -2.88. The predicted octanol–water partition coefficient (Wildman–Crippen LogP) is 9.72. The standard InChI is InChI=1S/C36H44N4.Cu/c1-5-9-13-25-21-33-34-22-26(14-10-6-2)31(38-34)19-20-32-28(16-12-8-4)24-36(40-32)35-23-27(15-11-7-3)30(39-35)18-17-29(25)37-33;/h17-24H,5-16H2,1-4H3;/q-2;+2. The van der Waals surface area contributed by atoms with Crippen LogP contribution in [-0.4, -0.2) is 9.97 Å². The molecule has 0 fully saturated rings. The van der Waals surface area contributed by atoms with E-state index in [-0.39, 0.29) is 17.1 Å². The Balaban J connectivity index is 0.00000387. The van der Waals surface area contributed by atoms with Gasteiger partial charge in [0.05, 0.1) is 11.4 Å². The SMILES string of the molecule is CCCCC1=Cc2nc1ccc1[n-]c(cc1CCCC)c1nc(ccc3[n-]c2cc3CCCC)C(CCCC)=C1.[Cu+2]. The van der Waals surface area contributed by atoms with Crippen molar-refractivity contribution in [2.24, 2.45) is 0 Å². The summed E-state index contributed by atoms with van der Waals surface area (Å²) in [4.78, 5) is 20.5. The van der Waals surface area contributed by atoms with E-state index in [1.54, 1.807) is 0 Å². The van der Waals surface area contributed by atoms with Crippen molar-refractivity contribution in [3.05, 3.63) is 70.3 Å². The zero-order chi connectivity index (χ0) is 27.9. The van der Waals surface area contributed by atoms with E-state index in [1.807, 2.05) is 0 Å². The van der Waals surface area contributed by atoms with Gasteiger partial charge in [0.1, 0.15) is 0 Å². The van der Waals surface area contributed by atoms with Crippen LogP contribution in [0.4, 0.5) is 0 Å². The first-order chi connectivity index (χ1) is 19.6. The molecule has 4 nitrogen and oxygen atoms in total. The number of allylic oxidation sites excluding steroid dienone is 2. The molecule has 0 N–H and O–H groups in total. The van der Waals surface area contributed by atoms with Gasteiger partial charge in [-0.25, -0.2) is 0 Å². The molecule has 5 heterocycles. The van der Waals surface area contributed by atoms with Crippen LogP contribution >= 0.6 is 0 Å². The maximum atomic E-state index is 5.12. The van der Waals surface area contributed by atoms with Crippen molar-refractivity contribution in [3.63, 3.8) is 0 Å². The molecule has 2 aliphatic rings. The van der Waals surface area contributed by atoms with E-state index in [4.69, 9.17) is 19.9 Å². The molecule has 0 aromatic carbocycles. The molecule has 5 rings (SSSR count). The minimum Gasteiger partial charge on any atom is -0.656 e. The third kappa shape index (κ3) is 7.31. The van der Waals surface area contributed by atoms with Gasteiger partial charge in [-0.3, -0.25) is 9.97 Å². The van der Waals surface area contributed by atoms with E-state index in [0.717, 1.165) is 122 Å². The average molecular weight is 596 g/mol. The van der Waals surface area contributed by atoms with Crippen molar-refractivity contribution in [1.82, 2.24) is 19.9 Å². The maximum absolute atomic E-state index is 5.12. The van der Waals surface area contributed by atoms with E-state index in [1.165, 1.54) is 22.3 Å². The van der Waals surface area contributed by atoms with Crippen molar-refractivity contribution in [1.29, 1.82) is 0 Å². The normalized spacial score (nSPS) is 12.7. The van der Waals surface area contributed by atoms with Gasteiger partial charge >= 0.3 is 17.1 Å². The minimum absolute atomic E-state index is 0. The molecule has 0 atom stereocenters. The fourth-order valence-electron chi connectivity index (χ4n) is 5.58. The molecule has 41 heavy (non-hydrogen) atoms. The molecule has 5 heteroatoms. The summed E-state index contributed by atoms with van der Waals surface area (Å²) in [5.41, 5.74) is 13.3. The topological polar surface area (TPSA) is 54.0 Å². The number of aromatic nitrogens is 4. The molecule has 0 spiro atoms. The van der Waals surface area contributed by atoms with Crippen molar-refractivity contribution in [2.45, 2.75) is 105 Å². The molecular weight excluding hydrogens is 552 g/mol. The third-order valence-electron chi connectivity index (χ3n) is 8.05. The molecule has 0 unspecified atom stereocenters. The molecule has 1 radical (unpaired) electrons. The number of hydrogen-bond acceptors (Lipinski definition) is 2. The molecule has 0 amide bonds. The van der Waals surface area contributed by atoms with E-state index in [0.29, 0.717) is 0 Å². The zero-order valence-corrected chi connectivity index (χ0v) is 26.1. The third-order valence-corrected chi connectivity index (χ3v) is 8.05. The summed E-state index contributed by atoms with van der Waals surface area (Å²) >= 11 is 0. The fraction of sp³-hybridized carbons (Fsp3) is 0.444. The summed E-state index contributed by atoms with van der Waals surface area (Å²) in [6, 6.07) is 13.3. The molecule has 219 valence electrons. The van der Waals surface area contributed by atoms with Crippen LogP contribution in [0, 0.1) is 0 Å². The largest absolute Gasteiger partial charge is 2.00 e. The van der Waals surface area contributed by atoms with Gasteiger partial charge in [0.25, 0.3) is 0 Å². The fourth-order valence-corrected chi connectivity index (χ4v) is 5.58. The first-order valence-electron chi connectivity index (χ1n) is 15.7. The van der Waals surface area contributed by atoms with Gasteiger partial charge in [0.15, 0.2) is 0 Å². The second-order valence-electron chi connectivity index (χ2n) is 11.3. The van der Waals surface area contributed by atoms with Crippen LogP contribution in [0.1, 0.15) is 126 Å². The van der Waals surface area contributed by atoms with Crippen molar-refractivity contribution >= 4 is 45.4 Å². The number of rotatable bonds is 12. The molecular formula is C36H44CuN4. The van der Waals surface area contributed by atoms with E-state index >= 15 is 0 Å². The molecule has 0 aliphatic carbocycles. The molecule has 0 saturated heterocycles. The van der Waals surface area contributed by atoms with Crippen molar-refractivity contribution in [3.8, 4) is 0 Å². The molecule has 3 aromatic rings. The van der Waals surface area contributed by atoms with Crippen LogP contribution in [0.2, 0.25) is 0 Å². The number of nitrogens with zero attached hydrogens (tertiary/aromatic N) is 4. The molecule has 3 aromatic heterocycles. The Bertz CT molecular complexity index is 1440. The van der Waals surface area contributed by atoms with Gasteiger partial charge in [-0.15, -0.1) is 22.1 Å². The Morgan fingerprint density at radius 2 is 0.902 bits per heavy atom. The number of aryl methyl sites for hydroxylation is 2. The average Bonchev–Trinajstić information content (AvgIpc) is 3.74. The summed E-state index contributed by atoms with van der Waals surface area (Å²) < 4.78 is 0. The van der Waals surface area contributed by atoms with Gasteiger partial charge < -0.3 is 9.97 Å². The van der Waals surface area contributed by atoms with Gasteiger partial charge in [0.2, 0.25) is 0 Å². The molecule has 0 saturated carbocycles. The second-order valence-corrected chi connectivity index (χ2v) is 11.3. The van der Waals surface area contributed by atoms with Gasteiger partial charge in [-0.2, -0.15) is 0 Å². The quantitative estimate of drug-likeness (QED) is 0.196. The number of unbranched alkanes of at least 4 members (excludes halogenated alkanes) is 4. The van der Waals surface area contributed by atoms with Gasteiger partial charge in [0, 0.05) is 11.4 Å². The number of fused-ring (bicyclic) bond motifs is 10. The summed E-state index contributed by atoms with van der Waals surface area (Å²) in [6.07, 6.45) is 17.9. The predicted molar refractivity (Wildman–Crippen MR) is 171 cm³/mol. The van der Waals surface area contributed by atoms with Crippen LogP contribution in [0.15, 0.2) is 36.4 Å². The Morgan fingerprint density at radius 3 is 1.29 bits per heavy atom. The van der Waals surface area contributed by atoms with E-state index in [2.05, 4.69) is 76.2 Å². The molecule has 8 bridgehead atoms. The van der Waals surface area contributed by atoms with Gasteiger partial charge in [-0.05, 0) is 86.8 Å². The monoisotopic (exact) mass is 595 g/mol. The number of hydrogen-bond donors (Lipinski definition) is 0. The molecule has 2 aliphatic heterocycles.